The fraction of sp³-hybridized carbons (Fsp3) is 0.706. The highest BCUT2D eigenvalue weighted by atomic mass is 16.5. The summed E-state index contributed by atoms with van der Waals surface area (Å²) < 4.78 is 5.44. The van der Waals surface area contributed by atoms with Crippen molar-refractivity contribution in [3.8, 4) is 0 Å². The summed E-state index contributed by atoms with van der Waals surface area (Å²) in [4.78, 5) is 26.0. The van der Waals surface area contributed by atoms with E-state index in [0.717, 1.165) is 57.3 Å². The predicted molar refractivity (Wildman–Crippen MR) is 87.4 cm³/mol. The van der Waals surface area contributed by atoms with Crippen LogP contribution in [0.1, 0.15) is 35.7 Å². The van der Waals surface area contributed by atoms with Crippen molar-refractivity contribution in [2.24, 2.45) is 5.92 Å². The van der Waals surface area contributed by atoms with E-state index < -0.39 is 0 Å². The summed E-state index contributed by atoms with van der Waals surface area (Å²) >= 11 is 0. The average Bonchev–Trinajstić information content (AvgIpc) is 2.96. The van der Waals surface area contributed by atoms with E-state index in [1.54, 1.807) is 6.20 Å². The summed E-state index contributed by atoms with van der Waals surface area (Å²) in [5.41, 5.74) is 1.51. The van der Waals surface area contributed by atoms with Crippen LogP contribution in [0.3, 0.4) is 0 Å². The number of morpholine rings is 1. The van der Waals surface area contributed by atoms with E-state index in [9.17, 15) is 4.79 Å². The van der Waals surface area contributed by atoms with Gasteiger partial charge in [-0.15, -0.1) is 0 Å². The highest BCUT2D eigenvalue weighted by Gasteiger charge is 2.37. The smallest absolute Gasteiger partial charge is 0.257 e. The molecule has 6 heteroatoms. The normalized spacial score (nSPS) is 25.8. The molecule has 2 unspecified atom stereocenters. The minimum atomic E-state index is 0.0736. The number of hydrogen-bond acceptors (Lipinski definition) is 5. The lowest BCUT2D eigenvalue weighted by atomic mass is 10.0. The van der Waals surface area contributed by atoms with Gasteiger partial charge in [-0.25, -0.2) is 9.97 Å². The van der Waals surface area contributed by atoms with E-state index in [4.69, 9.17) is 4.74 Å². The molecule has 3 heterocycles. The Balaban J connectivity index is 1.73. The van der Waals surface area contributed by atoms with Gasteiger partial charge in [-0.05, 0) is 19.3 Å². The Labute approximate surface area is 137 Å². The molecular formula is C17H26N4O2. The lowest BCUT2D eigenvalue weighted by Gasteiger charge is -2.34. The molecular weight excluding hydrogens is 292 g/mol. The van der Waals surface area contributed by atoms with Crippen molar-refractivity contribution < 1.29 is 9.53 Å². The van der Waals surface area contributed by atoms with E-state index in [-0.39, 0.29) is 5.91 Å². The van der Waals surface area contributed by atoms with Gasteiger partial charge in [-0.3, -0.25) is 9.69 Å². The zero-order valence-electron chi connectivity index (χ0n) is 14.3. The first-order chi connectivity index (χ1) is 11.1. The highest BCUT2D eigenvalue weighted by molar-refractivity contribution is 5.95. The van der Waals surface area contributed by atoms with Gasteiger partial charge in [0.05, 0.1) is 24.5 Å². The molecule has 0 aromatic carbocycles. The summed E-state index contributed by atoms with van der Waals surface area (Å²) in [6, 6.07) is 0.430. The Morgan fingerprint density at radius 1 is 1.35 bits per heavy atom. The fourth-order valence-electron chi connectivity index (χ4n) is 3.64. The van der Waals surface area contributed by atoms with Crippen LogP contribution >= 0.6 is 0 Å². The van der Waals surface area contributed by atoms with E-state index in [1.165, 1.54) is 0 Å². The van der Waals surface area contributed by atoms with Gasteiger partial charge < -0.3 is 9.64 Å². The van der Waals surface area contributed by atoms with Crippen LogP contribution in [0.4, 0.5) is 0 Å². The molecule has 0 radical (unpaired) electrons. The van der Waals surface area contributed by atoms with Gasteiger partial charge in [0.25, 0.3) is 5.91 Å². The van der Waals surface area contributed by atoms with E-state index in [1.807, 2.05) is 18.7 Å². The first kappa shape index (κ1) is 16.3. The highest BCUT2D eigenvalue weighted by Crippen LogP contribution is 2.24. The molecule has 0 saturated carbocycles. The number of likely N-dealkylation sites (tertiary alicyclic amines) is 1. The molecule has 6 nitrogen and oxygen atoms in total. The number of aryl methyl sites for hydroxylation is 2. The van der Waals surface area contributed by atoms with Crippen molar-refractivity contribution in [2.45, 2.75) is 33.2 Å². The summed E-state index contributed by atoms with van der Waals surface area (Å²) in [5, 5.41) is 0. The number of nitrogens with zero attached hydrogens (tertiary/aromatic N) is 4. The molecule has 0 spiro atoms. The van der Waals surface area contributed by atoms with Gasteiger partial charge in [0.1, 0.15) is 5.82 Å². The molecule has 2 aliphatic rings. The van der Waals surface area contributed by atoms with Gasteiger partial charge in [0.15, 0.2) is 0 Å². The van der Waals surface area contributed by atoms with Gasteiger partial charge in [0.2, 0.25) is 0 Å². The first-order valence-electron chi connectivity index (χ1n) is 8.53. The number of ether oxygens (including phenoxy) is 1. The Morgan fingerprint density at radius 3 is 2.78 bits per heavy atom. The second kappa shape index (κ2) is 6.93. The van der Waals surface area contributed by atoms with Crippen molar-refractivity contribution >= 4 is 5.91 Å². The average molecular weight is 318 g/mol. The Hall–Kier alpha value is -1.53. The van der Waals surface area contributed by atoms with Crippen LogP contribution in [-0.2, 0) is 11.2 Å². The fourth-order valence-corrected chi connectivity index (χ4v) is 3.64. The minimum absolute atomic E-state index is 0.0736. The zero-order chi connectivity index (χ0) is 16.4. The topological polar surface area (TPSA) is 58.6 Å². The lowest BCUT2D eigenvalue weighted by molar-refractivity contribution is 0.0119. The van der Waals surface area contributed by atoms with Crippen LogP contribution in [0.2, 0.25) is 0 Å². The van der Waals surface area contributed by atoms with Gasteiger partial charge in [-0.2, -0.15) is 0 Å². The van der Waals surface area contributed by atoms with E-state index in [2.05, 4.69) is 21.8 Å². The first-order valence-corrected chi connectivity index (χ1v) is 8.53. The summed E-state index contributed by atoms with van der Waals surface area (Å²) in [7, 11) is 0. The molecule has 3 rings (SSSR count). The van der Waals surface area contributed by atoms with Crippen molar-refractivity contribution in [3.63, 3.8) is 0 Å². The Bertz CT molecular complexity index is 572. The van der Waals surface area contributed by atoms with Crippen LogP contribution in [0, 0.1) is 12.8 Å². The second-order valence-corrected chi connectivity index (χ2v) is 6.53. The second-order valence-electron chi connectivity index (χ2n) is 6.53. The summed E-state index contributed by atoms with van der Waals surface area (Å²) in [6.45, 7) is 11.2. The molecule has 2 saturated heterocycles. The third-order valence-electron chi connectivity index (χ3n) is 4.93. The zero-order valence-corrected chi connectivity index (χ0v) is 14.3. The SMILES string of the molecule is CCc1nc(C)ncc1C(=O)N1CC(C)C(N2CCOCC2)C1. The molecule has 1 aromatic heterocycles. The number of carbonyl (C=O) groups is 1. The summed E-state index contributed by atoms with van der Waals surface area (Å²) in [5.74, 6) is 1.28. The quantitative estimate of drug-likeness (QED) is 0.836. The number of aromatic nitrogens is 2. The molecule has 0 N–H and O–H groups in total. The molecule has 0 bridgehead atoms. The molecule has 1 aromatic rings. The Morgan fingerprint density at radius 2 is 2.09 bits per heavy atom. The van der Waals surface area contributed by atoms with Crippen molar-refractivity contribution in [1.29, 1.82) is 0 Å². The maximum absolute atomic E-state index is 12.9. The van der Waals surface area contributed by atoms with Crippen LogP contribution in [0.25, 0.3) is 0 Å². The standard InChI is InChI=1S/C17H26N4O2/c1-4-15-14(9-18-13(3)19-15)17(22)21-10-12(2)16(11-21)20-5-7-23-8-6-20/h9,12,16H,4-8,10-11H2,1-3H3. The number of amides is 1. The Kier molecular flexibility index (Phi) is 4.92. The predicted octanol–water partition coefficient (Wildman–Crippen LogP) is 1.14. The van der Waals surface area contributed by atoms with Crippen LogP contribution in [-0.4, -0.2) is 71.1 Å². The number of carbonyl (C=O) groups excluding carboxylic acids is 1. The van der Waals surface area contributed by atoms with Gasteiger partial charge in [0, 0.05) is 38.4 Å². The number of rotatable bonds is 3. The maximum atomic E-state index is 12.9. The van der Waals surface area contributed by atoms with Gasteiger partial charge >= 0.3 is 0 Å². The molecule has 1 amide bonds. The van der Waals surface area contributed by atoms with Gasteiger partial charge in [-0.1, -0.05) is 13.8 Å². The maximum Gasteiger partial charge on any atom is 0.257 e. The third kappa shape index (κ3) is 3.38. The van der Waals surface area contributed by atoms with E-state index >= 15 is 0 Å². The third-order valence-corrected chi connectivity index (χ3v) is 4.93. The van der Waals surface area contributed by atoms with E-state index in [0.29, 0.717) is 17.5 Å². The van der Waals surface area contributed by atoms with Crippen molar-refractivity contribution in [2.75, 3.05) is 39.4 Å². The molecule has 126 valence electrons. The van der Waals surface area contributed by atoms with Crippen molar-refractivity contribution in [1.82, 2.24) is 19.8 Å². The molecule has 2 aliphatic heterocycles. The molecule has 23 heavy (non-hydrogen) atoms. The monoisotopic (exact) mass is 318 g/mol. The van der Waals surface area contributed by atoms with Crippen LogP contribution < -0.4 is 0 Å². The van der Waals surface area contributed by atoms with Crippen LogP contribution in [0.15, 0.2) is 6.20 Å². The van der Waals surface area contributed by atoms with Crippen molar-refractivity contribution in [3.05, 3.63) is 23.3 Å². The van der Waals surface area contributed by atoms with Crippen LogP contribution in [0.5, 0.6) is 0 Å². The largest absolute Gasteiger partial charge is 0.379 e. The minimum Gasteiger partial charge on any atom is -0.379 e. The summed E-state index contributed by atoms with van der Waals surface area (Å²) in [6.07, 6.45) is 2.44. The molecule has 2 fully saturated rings. The number of hydrogen-bond donors (Lipinski definition) is 0. The molecule has 2 atom stereocenters. The lowest BCUT2D eigenvalue weighted by Crippen LogP contribution is -2.47. The molecule has 0 aliphatic carbocycles.